The van der Waals surface area contributed by atoms with E-state index < -0.39 is 0 Å². The highest BCUT2D eigenvalue weighted by Crippen LogP contribution is 2.21. The lowest BCUT2D eigenvalue weighted by molar-refractivity contribution is 0.138. The third kappa shape index (κ3) is 3.63. The van der Waals surface area contributed by atoms with Crippen LogP contribution in [0.15, 0.2) is 27.5 Å². The highest BCUT2D eigenvalue weighted by atomic mass is 16.5. The summed E-state index contributed by atoms with van der Waals surface area (Å²) >= 11 is 0. The summed E-state index contributed by atoms with van der Waals surface area (Å²) in [5, 5.41) is 8.51. The van der Waals surface area contributed by atoms with E-state index in [1.54, 1.807) is 12.5 Å². The SMILES string of the molecule is Cc1nc(C)n(C[C@@H]2CCCN(Cc3nc(-c4ccoc4)no3)C2)n1. The molecule has 0 bridgehead atoms. The summed E-state index contributed by atoms with van der Waals surface area (Å²) in [5.41, 5.74) is 0.837. The minimum absolute atomic E-state index is 0.560. The Morgan fingerprint density at radius 3 is 2.96 bits per heavy atom. The Bertz CT molecular complexity index is 822. The molecule has 8 heteroatoms. The molecule has 1 atom stereocenters. The summed E-state index contributed by atoms with van der Waals surface area (Å²) in [4.78, 5) is 11.2. The van der Waals surface area contributed by atoms with Crippen LogP contribution in [0.2, 0.25) is 0 Å². The van der Waals surface area contributed by atoms with Crippen molar-refractivity contribution >= 4 is 0 Å². The molecule has 0 unspecified atom stereocenters. The normalized spacial score (nSPS) is 18.7. The zero-order chi connectivity index (χ0) is 17.2. The first-order valence-corrected chi connectivity index (χ1v) is 8.63. The first-order chi connectivity index (χ1) is 12.2. The Balaban J connectivity index is 1.37. The molecule has 8 nitrogen and oxygen atoms in total. The van der Waals surface area contributed by atoms with Gasteiger partial charge in [-0.25, -0.2) is 9.67 Å². The zero-order valence-corrected chi connectivity index (χ0v) is 14.6. The summed E-state index contributed by atoms with van der Waals surface area (Å²) in [6, 6.07) is 1.83. The molecule has 1 aliphatic heterocycles. The van der Waals surface area contributed by atoms with Gasteiger partial charge in [-0.05, 0) is 45.2 Å². The van der Waals surface area contributed by atoms with E-state index in [0.29, 0.717) is 24.2 Å². The van der Waals surface area contributed by atoms with Crippen LogP contribution in [0.3, 0.4) is 0 Å². The standard InChI is InChI=1S/C17H22N6O2/c1-12-18-13(2)23(20-12)9-14-4-3-6-22(8-14)10-16-19-17(21-25-16)15-5-7-24-11-15/h5,7,11,14H,3-4,6,8-10H2,1-2H3/t14-/m1/s1. The zero-order valence-electron chi connectivity index (χ0n) is 14.6. The largest absolute Gasteiger partial charge is 0.472 e. The Hall–Kier alpha value is -2.48. The number of likely N-dealkylation sites (tertiary alicyclic amines) is 1. The number of aryl methyl sites for hydroxylation is 2. The molecule has 1 fully saturated rings. The van der Waals surface area contributed by atoms with Crippen LogP contribution in [0.4, 0.5) is 0 Å². The monoisotopic (exact) mass is 342 g/mol. The molecule has 0 aliphatic carbocycles. The van der Waals surface area contributed by atoms with Crippen molar-refractivity contribution in [2.45, 2.75) is 39.8 Å². The van der Waals surface area contributed by atoms with Crippen LogP contribution in [0.25, 0.3) is 11.4 Å². The van der Waals surface area contributed by atoms with Crippen molar-refractivity contribution in [3.63, 3.8) is 0 Å². The van der Waals surface area contributed by atoms with Crippen molar-refractivity contribution in [3.8, 4) is 11.4 Å². The van der Waals surface area contributed by atoms with Gasteiger partial charge in [0.1, 0.15) is 17.9 Å². The van der Waals surface area contributed by atoms with E-state index in [0.717, 1.165) is 36.8 Å². The summed E-state index contributed by atoms with van der Waals surface area (Å²) in [5.74, 6) is 3.60. The van der Waals surface area contributed by atoms with Crippen LogP contribution >= 0.6 is 0 Å². The van der Waals surface area contributed by atoms with E-state index >= 15 is 0 Å². The predicted octanol–water partition coefficient (Wildman–Crippen LogP) is 2.45. The van der Waals surface area contributed by atoms with Gasteiger partial charge in [0, 0.05) is 13.1 Å². The van der Waals surface area contributed by atoms with Crippen molar-refractivity contribution in [2.24, 2.45) is 5.92 Å². The molecule has 0 N–H and O–H groups in total. The van der Waals surface area contributed by atoms with Crippen LogP contribution in [-0.2, 0) is 13.1 Å². The summed E-state index contributed by atoms with van der Waals surface area (Å²) in [6.45, 7) is 7.58. The Kier molecular flexibility index (Phi) is 4.35. The fraction of sp³-hybridized carbons (Fsp3) is 0.529. The van der Waals surface area contributed by atoms with E-state index in [9.17, 15) is 0 Å². The molecule has 3 aromatic rings. The topological polar surface area (TPSA) is 86.0 Å². The molecule has 0 saturated carbocycles. The van der Waals surface area contributed by atoms with Gasteiger partial charge < -0.3 is 8.94 Å². The van der Waals surface area contributed by atoms with Crippen LogP contribution < -0.4 is 0 Å². The van der Waals surface area contributed by atoms with E-state index in [2.05, 4.69) is 25.1 Å². The molecule has 4 rings (SSSR count). The quantitative estimate of drug-likeness (QED) is 0.704. The molecule has 1 saturated heterocycles. The van der Waals surface area contributed by atoms with Gasteiger partial charge in [0.2, 0.25) is 11.7 Å². The van der Waals surface area contributed by atoms with Gasteiger partial charge in [-0.3, -0.25) is 4.90 Å². The Morgan fingerprint density at radius 2 is 2.20 bits per heavy atom. The highest BCUT2D eigenvalue weighted by Gasteiger charge is 2.23. The molecule has 25 heavy (non-hydrogen) atoms. The average Bonchev–Trinajstić information content (AvgIpc) is 3.30. The van der Waals surface area contributed by atoms with Gasteiger partial charge in [-0.15, -0.1) is 0 Å². The second-order valence-corrected chi connectivity index (χ2v) is 6.66. The van der Waals surface area contributed by atoms with Crippen molar-refractivity contribution in [3.05, 3.63) is 36.1 Å². The fourth-order valence-corrected chi connectivity index (χ4v) is 3.44. The molecule has 0 spiro atoms. The number of aromatic nitrogens is 5. The first kappa shape index (κ1) is 16.0. The van der Waals surface area contributed by atoms with Crippen molar-refractivity contribution < 1.29 is 8.94 Å². The van der Waals surface area contributed by atoms with E-state index in [1.165, 1.54) is 12.8 Å². The number of rotatable bonds is 5. The molecule has 132 valence electrons. The summed E-state index contributed by atoms with van der Waals surface area (Å²) < 4.78 is 12.5. The first-order valence-electron chi connectivity index (χ1n) is 8.63. The maximum absolute atomic E-state index is 5.40. The fourth-order valence-electron chi connectivity index (χ4n) is 3.44. The lowest BCUT2D eigenvalue weighted by Crippen LogP contribution is -2.37. The van der Waals surface area contributed by atoms with E-state index in [1.807, 2.05) is 24.6 Å². The highest BCUT2D eigenvalue weighted by molar-refractivity contribution is 5.51. The lowest BCUT2D eigenvalue weighted by Gasteiger charge is -2.31. The Morgan fingerprint density at radius 1 is 1.28 bits per heavy atom. The molecule has 4 heterocycles. The third-order valence-corrected chi connectivity index (χ3v) is 4.60. The molecular weight excluding hydrogens is 320 g/mol. The van der Waals surface area contributed by atoms with Gasteiger partial charge in [0.25, 0.3) is 0 Å². The molecule has 3 aromatic heterocycles. The molecule has 0 radical (unpaired) electrons. The second-order valence-electron chi connectivity index (χ2n) is 6.66. The van der Waals surface area contributed by atoms with Gasteiger partial charge >= 0.3 is 0 Å². The number of furan rings is 1. The smallest absolute Gasteiger partial charge is 0.241 e. The van der Waals surface area contributed by atoms with E-state index in [4.69, 9.17) is 8.94 Å². The van der Waals surface area contributed by atoms with Crippen LogP contribution in [-0.4, -0.2) is 42.9 Å². The third-order valence-electron chi connectivity index (χ3n) is 4.60. The van der Waals surface area contributed by atoms with Crippen molar-refractivity contribution in [1.82, 2.24) is 29.8 Å². The molecule has 0 aromatic carbocycles. The molecule has 1 aliphatic rings. The van der Waals surface area contributed by atoms with Crippen molar-refractivity contribution in [2.75, 3.05) is 13.1 Å². The van der Waals surface area contributed by atoms with Gasteiger partial charge in [0.05, 0.1) is 18.4 Å². The minimum Gasteiger partial charge on any atom is -0.472 e. The number of hydrogen-bond donors (Lipinski definition) is 0. The van der Waals surface area contributed by atoms with Gasteiger partial charge in [-0.1, -0.05) is 5.16 Å². The number of hydrogen-bond acceptors (Lipinski definition) is 7. The predicted molar refractivity (Wildman–Crippen MR) is 89.5 cm³/mol. The molecule has 0 amide bonds. The minimum atomic E-state index is 0.560. The number of piperidine rings is 1. The van der Waals surface area contributed by atoms with Gasteiger partial charge in [-0.2, -0.15) is 10.1 Å². The number of nitrogens with zero attached hydrogens (tertiary/aromatic N) is 6. The maximum atomic E-state index is 5.40. The summed E-state index contributed by atoms with van der Waals surface area (Å²) in [7, 11) is 0. The lowest BCUT2D eigenvalue weighted by atomic mass is 9.98. The van der Waals surface area contributed by atoms with Gasteiger partial charge in [0.15, 0.2) is 0 Å². The second kappa shape index (κ2) is 6.79. The van der Waals surface area contributed by atoms with Crippen LogP contribution in [0, 0.1) is 19.8 Å². The summed E-state index contributed by atoms with van der Waals surface area (Å²) in [6.07, 6.45) is 5.60. The van der Waals surface area contributed by atoms with E-state index in [-0.39, 0.29) is 0 Å². The van der Waals surface area contributed by atoms with Crippen LogP contribution in [0.5, 0.6) is 0 Å². The Labute approximate surface area is 145 Å². The maximum Gasteiger partial charge on any atom is 0.241 e. The van der Waals surface area contributed by atoms with Crippen LogP contribution in [0.1, 0.15) is 30.4 Å². The average molecular weight is 342 g/mol. The van der Waals surface area contributed by atoms with Crippen molar-refractivity contribution in [1.29, 1.82) is 0 Å². The molecular formula is C17H22N6O2.